The van der Waals surface area contributed by atoms with Crippen molar-refractivity contribution in [3.63, 3.8) is 0 Å². The maximum absolute atomic E-state index is 15.7. The number of benzene rings is 1. The number of anilines is 1. The van der Waals surface area contributed by atoms with Crippen LogP contribution in [0.25, 0.3) is 10.9 Å². The first-order valence-electron chi connectivity index (χ1n) is 10.3. The topological polar surface area (TPSA) is 97.8 Å². The highest BCUT2D eigenvalue weighted by Crippen LogP contribution is 2.45. The Labute approximate surface area is 177 Å². The number of nitrogens with two attached hydrogens (primary N) is 1. The van der Waals surface area contributed by atoms with Crippen molar-refractivity contribution in [1.82, 2.24) is 4.57 Å². The average Bonchev–Trinajstić information content (AvgIpc) is 3.60. The van der Waals surface area contributed by atoms with Crippen molar-refractivity contribution in [3.8, 4) is 5.75 Å². The van der Waals surface area contributed by atoms with Gasteiger partial charge in [-0.25, -0.2) is 13.6 Å². The lowest BCUT2D eigenvalue weighted by Gasteiger charge is -2.33. The summed E-state index contributed by atoms with van der Waals surface area (Å²) in [6, 6.07) is 0.0132. The number of carboxylic acid groups (broad SMARTS) is 1. The minimum absolute atomic E-state index is 0.00538. The molecule has 0 atom stereocenters. The molecule has 0 spiro atoms. The van der Waals surface area contributed by atoms with Crippen molar-refractivity contribution in [2.24, 2.45) is 5.73 Å². The lowest BCUT2D eigenvalue weighted by Crippen LogP contribution is -2.33. The summed E-state index contributed by atoms with van der Waals surface area (Å²) in [5, 5.41) is 9.51. The van der Waals surface area contributed by atoms with Crippen LogP contribution in [0.3, 0.4) is 0 Å². The van der Waals surface area contributed by atoms with Crippen molar-refractivity contribution in [2.45, 2.75) is 38.6 Å². The van der Waals surface area contributed by atoms with Crippen molar-refractivity contribution in [1.29, 1.82) is 0 Å². The summed E-state index contributed by atoms with van der Waals surface area (Å²) in [5.41, 5.74) is 5.43. The Kier molecular flexibility index (Phi) is 5.47. The predicted octanol–water partition coefficient (Wildman–Crippen LogP) is 3.27. The normalized spacial score (nSPS) is 18.4. The number of aromatic carboxylic acids is 1. The maximum atomic E-state index is 15.7. The molecular formula is C22H25F2N3O4. The smallest absolute Gasteiger partial charge is 0.341 e. The van der Waals surface area contributed by atoms with Crippen molar-refractivity contribution < 1.29 is 23.4 Å². The number of hydrogen-bond acceptors (Lipinski definition) is 5. The van der Waals surface area contributed by atoms with E-state index in [4.69, 9.17) is 10.5 Å². The highest BCUT2D eigenvalue weighted by molar-refractivity contribution is 5.99. The van der Waals surface area contributed by atoms with Gasteiger partial charge in [0.25, 0.3) is 0 Å². The number of nitrogens with zero attached hydrogens (tertiary/aromatic N) is 2. The first kappa shape index (κ1) is 21.3. The molecule has 2 aromatic rings. The number of pyridine rings is 1. The van der Waals surface area contributed by atoms with Gasteiger partial charge in [0.1, 0.15) is 17.1 Å². The highest BCUT2D eigenvalue weighted by atomic mass is 19.1. The van der Waals surface area contributed by atoms with Gasteiger partial charge in [0.15, 0.2) is 11.6 Å². The number of piperidine rings is 1. The van der Waals surface area contributed by atoms with Crippen LogP contribution in [0.1, 0.15) is 47.6 Å². The van der Waals surface area contributed by atoms with Gasteiger partial charge in [0.05, 0.1) is 18.0 Å². The number of halogens is 2. The summed E-state index contributed by atoms with van der Waals surface area (Å²) in [4.78, 5) is 26.3. The SMILES string of the molecule is COc1c(N2CCC/C(=C(/F)CN)C2)c(F)c(C)c2c(=O)c(C(=O)O)cn(C3CC3)c12. The second-order valence-electron chi connectivity index (χ2n) is 8.10. The van der Waals surface area contributed by atoms with E-state index in [2.05, 4.69) is 0 Å². The number of methoxy groups -OCH3 is 1. The maximum Gasteiger partial charge on any atom is 0.341 e. The van der Waals surface area contributed by atoms with Gasteiger partial charge in [-0.3, -0.25) is 4.79 Å². The number of fused-ring (bicyclic) bond motifs is 1. The number of aromatic nitrogens is 1. The average molecular weight is 433 g/mol. The van der Waals surface area contributed by atoms with Crippen LogP contribution >= 0.6 is 0 Å². The molecule has 0 amide bonds. The second-order valence-corrected chi connectivity index (χ2v) is 8.10. The van der Waals surface area contributed by atoms with Gasteiger partial charge in [-0.1, -0.05) is 0 Å². The summed E-state index contributed by atoms with van der Waals surface area (Å²) in [5.74, 6) is -2.26. The van der Waals surface area contributed by atoms with Crippen molar-refractivity contribution in [3.05, 3.63) is 44.8 Å². The summed E-state index contributed by atoms with van der Waals surface area (Å²) in [7, 11) is 1.39. The summed E-state index contributed by atoms with van der Waals surface area (Å²) < 4.78 is 37.2. The fourth-order valence-corrected chi connectivity index (χ4v) is 4.41. The Balaban J connectivity index is 2.04. The van der Waals surface area contributed by atoms with Gasteiger partial charge < -0.3 is 25.0 Å². The number of carbonyl (C=O) groups is 1. The number of carboxylic acids is 1. The van der Waals surface area contributed by atoms with Crippen molar-refractivity contribution in [2.75, 3.05) is 31.6 Å². The molecule has 1 saturated heterocycles. The summed E-state index contributed by atoms with van der Waals surface area (Å²) in [6.45, 7) is 1.91. The lowest BCUT2D eigenvalue weighted by molar-refractivity contribution is 0.0695. The molecule has 31 heavy (non-hydrogen) atoms. The van der Waals surface area contributed by atoms with Gasteiger partial charge in [-0.2, -0.15) is 0 Å². The molecule has 4 rings (SSSR count). The van der Waals surface area contributed by atoms with Crippen LogP contribution in [-0.4, -0.2) is 42.4 Å². The van der Waals surface area contributed by atoms with Crippen LogP contribution in [0.4, 0.5) is 14.5 Å². The number of rotatable bonds is 5. The van der Waals surface area contributed by atoms with E-state index in [0.29, 0.717) is 30.5 Å². The van der Waals surface area contributed by atoms with Gasteiger partial charge in [-0.05, 0) is 38.2 Å². The van der Waals surface area contributed by atoms with Crippen LogP contribution < -0.4 is 20.8 Å². The van der Waals surface area contributed by atoms with E-state index in [1.165, 1.54) is 20.2 Å². The first-order valence-corrected chi connectivity index (χ1v) is 10.3. The monoisotopic (exact) mass is 433 g/mol. The molecule has 3 N–H and O–H groups in total. The van der Waals surface area contributed by atoms with Gasteiger partial charge >= 0.3 is 5.97 Å². The number of aryl methyl sites for hydroxylation is 1. The van der Waals surface area contributed by atoms with Crippen molar-refractivity contribution >= 4 is 22.6 Å². The molecular weight excluding hydrogens is 408 g/mol. The summed E-state index contributed by atoms with van der Waals surface area (Å²) in [6.07, 6.45) is 4.14. The third kappa shape index (κ3) is 3.46. The standard InChI is InChI=1S/C22H25F2N3O4/c1-11-16-18(27(13-5-6-13)10-14(20(16)28)22(29)30)21(31-2)19(17(11)24)26-7-3-4-12(9-26)15(23)8-25/h10,13H,3-9,25H2,1-2H3,(H,29,30)/b15-12-. The fraction of sp³-hybridized carbons (Fsp3) is 0.455. The lowest BCUT2D eigenvalue weighted by atomic mass is 9.99. The number of hydrogen-bond donors (Lipinski definition) is 2. The molecule has 1 aromatic carbocycles. The Morgan fingerprint density at radius 2 is 2.10 bits per heavy atom. The van der Waals surface area contributed by atoms with E-state index < -0.39 is 28.6 Å². The van der Waals surface area contributed by atoms with E-state index in [-0.39, 0.29) is 41.5 Å². The third-order valence-electron chi connectivity index (χ3n) is 6.12. The van der Waals surface area contributed by atoms with Gasteiger partial charge in [0, 0.05) is 37.4 Å². The molecule has 166 valence electrons. The molecule has 1 saturated carbocycles. The van der Waals surface area contributed by atoms with Gasteiger partial charge in [0.2, 0.25) is 5.43 Å². The molecule has 0 unspecified atom stereocenters. The Bertz CT molecular complexity index is 1170. The molecule has 0 bridgehead atoms. The van der Waals surface area contributed by atoms with E-state index in [0.717, 1.165) is 12.8 Å². The Morgan fingerprint density at radius 3 is 2.68 bits per heavy atom. The molecule has 1 aliphatic heterocycles. The Hall–Kier alpha value is -2.94. The third-order valence-corrected chi connectivity index (χ3v) is 6.12. The van der Waals surface area contributed by atoms with Crippen LogP contribution in [-0.2, 0) is 0 Å². The minimum Gasteiger partial charge on any atom is -0.492 e. The molecule has 7 nitrogen and oxygen atoms in total. The van der Waals surface area contributed by atoms with Crippen LogP contribution in [0.15, 0.2) is 22.4 Å². The Morgan fingerprint density at radius 1 is 1.39 bits per heavy atom. The second kappa shape index (κ2) is 7.96. The fourth-order valence-electron chi connectivity index (χ4n) is 4.41. The molecule has 1 aliphatic carbocycles. The zero-order chi connectivity index (χ0) is 22.4. The van der Waals surface area contributed by atoms with Crippen LogP contribution in [0.2, 0.25) is 0 Å². The zero-order valence-corrected chi connectivity index (χ0v) is 17.5. The zero-order valence-electron chi connectivity index (χ0n) is 17.5. The first-order chi connectivity index (χ1) is 14.8. The van der Waals surface area contributed by atoms with Crippen LogP contribution in [0, 0.1) is 12.7 Å². The van der Waals surface area contributed by atoms with Gasteiger partial charge in [-0.15, -0.1) is 0 Å². The molecule has 1 aromatic heterocycles. The predicted molar refractivity (Wildman–Crippen MR) is 113 cm³/mol. The quantitative estimate of drug-likeness (QED) is 0.751. The van der Waals surface area contributed by atoms with E-state index >= 15 is 4.39 Å². The molecule has 9 heteroatoms. The van der Waals surface area contributed by atoms with E-state index in [1.54, 1.807) is 9.47 Å². The highest BCUT2D eigenvalue weighted by Gasteiger charge is 2.33. The molecule has 2 heterocycles. The minimum atomic E-state index is -1.35. The molecule has 2 fully saturated rings. The largest absolute Gasteiger partial charge is 0.492 e. The van der Waals surface area contributed by atoms with E-state index in [9.17, 15) is 19.1 Å². The number of ether oxygens (including phenoxy) is 1. The molecule has 2 aliphatic rings. The van der Waals surface area contributed by atoms with Crippen LogP contribution in [0.5, 0.6) is 5.75 Å². The summed E-state index contributed by atoms with van der Waals surface area (Å²) >= 11 is 0. The van der Waals surface area contributed by atoms with E-state index in [1.807, 2.05) is 0 Å². The molecule has 0 radical (unpaired) electrons.